The lowest BCUT2D eigenvalue weighted by Gasteiger charge is -2.13. The minimum atomic E-state index is -3.47. The molecule has 2 aromatic rings. The zero-order valence-electron chi connectivity index (χ0n) is 13.5. The quantitative estimate of drug-likeness (QED) is 0.767. The first-order valence-electron chi connectivity index (χ1n) is 7.67. The van der Waals surface area contributed by atoms with E-state index in [1.807, 2.05) is 6.92 Å². The number of benzene rings is 1. The van der Waals surface area contributed by atoms with Crippen LogP contribution in [-0.4, -0.2) is 18.2 Å². The molecule has 0 spiro atoms. The third-order valence-corrected chi connectivity index (χ3v) is 7.12. The third-order valence-electron chi connectivity index (χ3n) is 4.37. The van der Waals surface area contributed by atoms with Gasteiger partial charge in [0.05, 0.1) is 10.1 Å². The summed E-state index contributed by atoms with van der Waals surface area (Å²) in [6.45, 7) is 1.92. The number of pyridine rings is 1. The molecule has 6 heteroatoms. The Morgan fingerprint density at radius 2 is 1.88 bits per heavy atom. The summed E-state index contributed by atoms with van der Waals surface area (Å²) in [4.78, 5) is 12.7. The van der Waals surface area contributed by atoms with Gasteiger partial charge in [-0.2, -0.15) is 0 Å². The van der Waals surface area contributed by atoms with Gasteiger partial charge in [-0.05, 0) is 53.4 Å². The number of nitrogens with zero attached hydrogens (tertiary/aromatic N) is 1. The predicted octanol–water partition coefficient (Wildman–Crippen LogP) is 3.26. The normalized spacial score (nSPS) is 17.4. The van der Waals surface area contributed by atoms with Gasteiger partial charge in [0, 0.05) is 23.3 Å². The molecule has 0 radical (unpaired) electrons. The van der Waals surface area contributed by atoms with Crippen molar-refractivity contribution in [1.29, 1.82) is 0 Å². The Labute approximate surface area is 149 Å². The number of sulfone groups is 1. The van der Waals surface area contributed by atoms with Gasteiger partial charge in [0.2, 0.25) is 0 Å². The largest absolute Gasteiger partial charge is 0.317 e. The minimum absolute atomic E-state index is 0.0776. The molecule has 4 nitrogen and oxygen atoms in total. The highest BCUT2D eigenvalue weighted by atomic mass is 79.9. The van der Waals surface area contributed by atoms with E-state index in [0.29, 0.717) is 23.3 Å². The lowest BCUT2D eigenvalue weighted by atomic mass is 10.1. The second-order valence-corrected chi connectivity index (χ2v) is 9.10. The summed E-state index contributed by atoms with van der Waals surface area (Å²) >= 11 is 3.46. The van der Waals surface area contributed by atoms with Gasteiger partial charge in [-0.25, -0.2) is 8.42 Å². The number of aromatic nitrogens is 1. The molecule has 1 unspecified atom stereocenters. The van der Waals surface area contributed by atoms with Crippen LogP contribution in [-0.2, 0) is 23.3 Å². The van der Waals surface area contributed by atoms with Gasteiger partial charge in [-0.3, -0.25) is 4.79 Å². The summed E-state index contributed by atoms with van der Waals surface area (Å²) in [5.41, 5.74) is 2.38. The van der Waals surface area contributed by atoms with Gasteiger partial charge < -0.3 is 4.57 Å². The van der Waals surface area contributed by atoms with Crippen molar-refractivity contribution >= 4 is 31.8 Å². The Morgan fingerprint density at radius 3 is 2.54 bits per heavy atom. The lowest BCUT2D eigenvalue weighted by Crippen LogP contribution is -2.24. The maximum atomic E-state index is 12.9. The molecule has 0 N–H and O–H groups in total. The number of aryl methyl sites for hydroxylation is 2. The number of rotatable bonds is 2. The van der Waals surface area contributed by atoms with E-state index in [1.165, 1.54) is 4.57 Å². The molecule has 0 fully saturated rings. The lowest BCUT2D eigenvalue weighted by molar-refractivity contribution is 0.584. The zero-order valence-corrected chi connectivity index (χ0v) is 15.9. The van der Waals surface area contributed by atoms with Crippen LogP contribution in [0.25, 0.3) is 6.08 Å². The van der Waals surface area contributed by atoms with Crippen LogP contribution in [0.3, 0.4) is 0 Å². The number of hydrogen-bond acceptors (Lipinski definition) is 3. The molecule has 24 heavy (non-hydrogen) atoms. The Bertz CT molecular complexity index is 973. The summed E-state index contributed by atoms with van der Waals surface area (Å²) in [7, 11) is -1.77. The highest BCUT2D eigenvalue weighted by Gasteiger charge is 2.28. The third kappa shape index (κ3) is 3.00. The monoisotopic (exact) mass is 407 g/mol. The minimum Gasteiger partial charge on any atom is -0.317 e. The van der Waals surface area contributed by atoms with Crippen molar-refractivity contribution in [3.05, 3.63) is 68.1 Å². The van der Waals surface area contributed by atoms with Crippen LogP contribution >= 0.6 is 15.9 Å². The van der Waals surface area contributed by atoms with Crippen molar-refractivity contribution in [2.24, 2.45) is 7.05 Å². The standard InChI is InChI=1S/C18H18BrNO3S/c1-12-3-5-13(6-4-12)24(22,23)14-7-9-15-16(10-8-14)18(21)20(2)11-17(15)19/h3-7,9,11,14H,8,10H2,1-2H3. The molecular formula is C18H18BrNO3S. The smallest absolute Gasteiger partial charge is 0.254 e. The zero-order chi connectivity index (χ0) is 17.5. The molecule has 1 aromatic heterocycles. The van der Waals surface area contributed by atoms with Crippen LogP contribution in [0.1, 0.15) is 23.1 Å². The topological polar surface area (TPSA) is 56.1 Å². The van der Waals surface area contributed by atoms with E-state index in [2.05, 4.69) is 15.9 Å². The molecule has 1 aliphatic carbocycles. The average Bonchev–Trinajstić information content (AvgIpc) is 2.77. The van der Waals surface area contributed by atoms with E-state index in [-0.39, 0.29) is 5.56 Å². The van der Waals surface area contributed by atoms with Gasteiger partial charge in [0.15, 0.2) is 9.84 Å². The van der Waals surface area contributed by atoms with E-state index in [4.69, 9.17) is 0 Å². The van der Waals surface area contributed by atoms with E-state index in [1.54, 1.807) is 49.7 Å². The molecule has 0 bridgehead atoms. The SMILES string of the molecule is Cc1ccc(S(=O)(=O)C2C=Cc3c(Br)cn(C)c(=O)c3CC2)cc1. The summed E-state index contributed by atoms with van der Waals surface area (Å²) in [5, 5.41) is -0.635. The molecule has 1 atom stereocenters. The molecule has 126 valence electrons. The number of halogens is 1. The maximum Gasteiger partial charge on any atom is 0.254 e. The summed E-state index contributed by atoms with van der Waals surface area (Å²) in [6, 6.07) is 6.89. The fraction of sp³-hybridized carbons (Fsp3) is 0.278. The van der Waals surface area contributed by atoms with Gasteiger partial charge in [-0.1, -0.05) is 29.8 Å². The van der Waals surface area contributed by atoms with E-state index in [9.17, 15) is 13.2 Å². The highest BCUT2D eigenvalue weighted by Crippen LogP contribution is 2.28. The van der Waals surface area contributed by atoms with E-state index in [0.717, 1.165) is 15.6 Å². The van der Waals surface area contributed by atoms with Gasteiger partial charge in [-0.15, -0.1) is 0 Å². The van der Waals surface area contributed by atoms with Crippen molar-refractivity contribution in [2.45, 2.75) is 29.9 Å². The Hall–Kier alpha value is -1.66. The number of hydrogen-bond donors (Lipinski definition) is 0. The first-order valence-corrected chi connectivity index (χ1v) is 10.0. The second kappa shape index (κ2) is 6.33. The molecule has 3 rings (SSSR count). The van der Waals surface area contributed by atoms with Crippen molar-refractivity contribution in [1.82, 2.24) is 4.57 Å². The summed E-state index contributed by atoms with van der Waals surface area (Å²) < 4.78 is 28.1. The van der Waals surface area contributed by atoms with Gasteiger partial charge in [0.1, 0.15) is 0 Å². The first kappa shape index (κ1) is 17.2. The Morgan fingerprint density at radius 1 is 1.21 bits per heavy atom. The summed E-state index contributed by atoms with van der Waals surface area (Å²) in [6.07, 6.45) is 5.99. The Balaban J connectivity index is 2.01. The molecule has 0 saturated carbocycles. The fourth-order valence-corrected chi connectivity index (χ4v) is 5.20. The van der Waals surface area contributed by atoms with Crippen LogP contribution in [0.15, 0.2) is 50.7 Å². The molecule has 0 amide bonds. The first-order chi connectivity index (χ1) is 11.3. The molecule has 1 heterocycles. The molecule has 1 aliphatic rings. The predicted molar refractivity (Wildman–Crippen MR) is 98.9 cm³/mol. The highest BCUT2D eigenvalue weighted by molar-refractivity contribution is 9.10. The van der Waals surface area contributed by atoms with E-state index >= 15 is 0 Å². The molecule has 0 aliphatic heterocycles. The molecular weight excluding hydrogens is 390 g/mol. The van der Waals surface area contributed by atoms with Crippen LogP contribution in [0.2, 0.25) is 0 Å². The number of fused-ring (bicyclic) bond motifs is 1. The van der Waals surface area contributed by atoms with Crippen LogP contribution < -0.4 is 5.56 Å². The second-order valence-electron chi connectivity index (χ2n) is 6.08. The van der Waals surface area contributed by atoms with Crippen molar-refractivity contribution < 1.29 is 8.42 Å². The van der Waals surface area contributed by atoms with E-state index < -0.39 is 15.1 Å². The maximum absolute atomic E-state index is 12.9. The van der Waals surface area contributed by atoms with Gasteiger partial charge >= 0.3 is 0 Å². The van der Waals surface area contributed by atoms with Crippen LogP contribution in [0, 0.1) is 6.92 Å². The van der Waals surface area contributed by atoms with Crippen molar-refractivity contribution in [3.63, 3.8) is 0 Å². The molecule has 1 aromatic carbocycles. The summed E-state index contributed by atoms with van der Waals surface area (Å²) in [5.74, 6) is 0. The van der Waals surface area contributed by atoms with Crippen molar-refractivity contribution in [3.8, 4) is 0 Å². The van der Waals surface area contributed by atoms with Gasteiger partial charge in [0.25, 0.3) is 5.56 Å². The Kier molecular flexibility index (Phi) is 4.53. The van der Waals surface area contributed by atoms with Crippen LogP contribution in [0.5, 0.6) is 0 Å². The fourth-order valence-electron chi connectivity index (χ4n) is 2.94. The van der Waals surface area contributed by atoms with Crippen LogP contribution in [0.4, 0.5) is 0 Å². The average molecular weight is 408 g/mol. The molecule has 0 saturated heterocycles. The van der Waals surface area contributed by atoms with Crippen molar-refractivity contribution in [2.75, 3.05) is 0 Å².